The first-order valence-electron chi connectivity index (χ1n) is 9.84. The van der Waals surface area contributed by atoms with Crippen LogP contribution in [0.2, 0.25) is 0 Å². The number of hydrogen-bond donors (Lipinski definition) is 1. The minimum absolute atomic E-state index is 0.617. The Kier molecular flexibility index (Phi) is 9.64. The fourth-order valence-electron chi connectivity index (χ4n) is 4.46. The fourth-order valence-corrected chi connectivity index (χ4v) is 4.46. The van der Waals surface area contributed by atoms with E-state index < -0.39 is 0 Å². The summed E-state index contributed by atoms with van der Waals surface area (Å²) < 4.78 is 0. The van der Waals surface area contributed by atoms with E-state index in [0.717, 1.165) is 11.8 Å². The molecule has 0 aromatic rings. The van der Waals surface area contributed by atoms with E-state index in [2.05, 4.69) is 33.1 Å². The van der Waals surface area contributed by atoms with Crippen molar-refractivity contribution in [3.05, 3.63) is 0 Å². The zero-order valence-corrected chi connectivity index (χ0v) is 15.3. The second-order valence-corrected chi connectivity index (χ2v) is 7.74. The standard InChI is InChI=1S/C20H41N/c1-5-8-10-18(7-3)16-20(17-21-4)14-12-19(13-15-20)11-9-6-2/h18-19,21H,5-17H2,1-4H3. The van der Waals surface area contributed by atoms with Crippen LogP contribution >= 0.6 is 0 Å². The Labute approximate surface area is 134 Å². The van der Waals surface area contributed by atoms with Crippen molar-refractivity contribution in [1.29, 1.82) is 0 Å². The normalized spacial score (nSPS) is 27.7. The maximum atomic E-state index is 3.52. The smallest absolute Gasteiger partial charge is 0.000491 e. The van der Waals surface area contributed by atoms with E-state index in [-0.39, 0.29) is 0 Å². The predicted octanol–water partition coefficient (Wildman–Crippen LogP) is 6.18. The molecule has 21 heavy (non-hydrogen) atoms. The lowest BCUT2D eigenvalue weighted by molar-refractivity contribution is 0.104. The SMILES string of the molecule is CCCCC1CCC(CNC)(CC(CC)CCCC)CC1. The molecule has 0 bridgehead atoms. The van der Waals surface area contributed by atoms with Crippen LogP contribution in [-0.2, 0) is 0 Å². The molecular formula is C20H41N. The minimum Gasteiger partial charge on any atom is -0.319 e. The van der Waals surface area contributed by atoms with Gasteiger partial charge in [-0.2, -0.15) is 0 Å². The molecule has 0 aromatic carbocycles. The van der Waals surface area contributed by atoms with Crippen LogP contribution in [0.3, 0.4) is 0 Å². The van der Waals surface area contributed by atoms with Gasteiger partial charge >= 0.3 is 0 Å². The molecule has 1 atom stereocenters. The van der Waals surface area contributed by atoms with Crippen LogP contribution in [0.5, 0.6) is 0 Å². The highest BCUT2D eigenvalue weighted by molar-refractivity contribution is 4.89. The molecule has 1 aliphatic carbocycles. The molecule has 1 rings (SSSR count). The van der Waals surface area contributed by atoms with Gasteiger partial charge in [0, 0.05) is 6.54 Å². The van der Waals surface area contributed by atoms with Gasteiger partial charge in [-0.05, 0) is 56.4 Å². The summed E-state index contributed by atoms with van der Waals surface area (Å²) in [6.45, 7) is 8.30. The minimum atomic E-state index is 0.617. The van der Waals surface area contributed by atoms with Gasteiger partial charge in [-0.1, -0.05) is 65.7 Å². The van der Waals surface area contributed by atoms with Crippen molar-refractivity contribution in [2.24, 2.45) is 17.3 Å². The van der Waals surface area contributed by atoms with Gasteiger partial charge in [0.25, 0.3) is 0 Å². The summed E-state index contributed by atoms with van der Waals surface area (Å²) in [6, 6.07) is 0. The highest BCUT2D eigenvalue weighted by Gasteiger charge is 2.35. The molecule has 1 saturated carbocycles. The quantitative estimate of drug-likeness (QED) is 0.480. The Morgan fingerprint density at radius 1 is 1.05 bits per heavy atom. The van der Waals surface area contributed by atoms with E-state index in [1.54, 1.807) is 0 Å². The van der Waals surface area contributed by atoms with E-state index in [0.29, 0.717) is 5.41 Å². The Bertz CT molecular complexity index is 240. The summed E-state index contributed by atoms with van der Waals surface area (Å²) in [5, 5.41) is 3.52. The zero-order valence-electron chi connectivity index (χ0n) is 15.3. The lowest BCUT2D eigenvalue weighted by Gasteiger charge is -2.42. The van der Waals surface area contributed by atoms with Crippen LogP contribution in [-0.4, -0.2) is 13.6 Å². The Hall–Kier alpha value is -0.0400. The van der Waals surface area contributed by atoms with Crippen LogP contribution in [0.25, 0.3) is 0 Å². The molecule has 1 nitrogen and oxygen atoms in total. The van der Waals surface area contributed by atoms with E-state index >= 15 is 0 Å². The molecule has 1 N–H and O–H groups in total. The number of unbranched alkanes of at least 4 members (excludes halogenated alkanes) is 2. The lowest BCUT2D eigenvalue weighted by Crippen LogP contribution is -2.38. The highest BCUT2D eigenvalue weighted by Crippen LogP contribution is 2.45. The molecule has 0 aromatic heterocycles. The van der Waals surface area contributed by atoms with Crippen LogP contribution in [0.15, 0.2) is 0 Å². The average molecular weight is 296 g/mol. The average Bonchev–Trinajstić information content (AvgIpc) is 2.51. The van der Waals surface area contributed by atoms with Gasteiger partial charge in [0.05, 0.1) is 0 Å². The van der Waals surface area contributed by atoms with Crippen molar-refractivity contribution in [3.8, 4) is 0 Å². The van der Waals surface area contributed by atoms with Crippen LogP contribution in [0, 0.1) is 17.3 Å². The third-order valence-electron chi connectivity index (χ3n) is 5.95. The Morgan fingerprint density at radius 3 is 2.24 bits per heavy atom. The molecule has 0 heterocycles. The molecule has 126 valence electrons. The van der Waals surface area contributed by atoms with Crippen molar-refractivity contribution < 1.29 is 0 Å². The van der Waals surface area contributed by atoms with Crippen molar-refractivity contribution in [3.63, 3.8) is 0 Å². The fraction of sp³-hybridized carbons (Fsp3) is 1.00. The molecular weight excluding hydrogens is 254 g/mol. The molecule has 0 spiro atoms. The first kappa shape index (κ1) is 19.0. The van der Waals surface area contributed by atoms with E-state index in [1.165, 1.54) is 83.6 Å². The van der Waals surface area contributed by atoms with Gasteiger partial charge < -0.3 is 5.32 Å². The van der Waals surface area contributed by atoms with Crippen molar-refractivity contribution >= 4 is 0 Å². The summed E-state index contributed by atoms with van der Waals surface area (Å²) >= 11 is 0. The molecule has 1 unspecified atom stereocenters. The van der Waals surface area contributed by atoms with Crippen molar-refractivity contribution in [2.45, 2.75) is 97.8 Å². The zero-order chi connectivity index (χ0) is 15.6. The monoisotopic (exact) mass is 295 g/mol. The van der Waals surface area contributed by atoms with Crippen LogP contribution in [0.1, 0.15) is 97.8 Å². The lowest BCUT2D eigenvalue weighted by atomic mass is 9.65. The molecule has 0 saturated heterocycles. The van der Waals surface area contributed by atoms with E-state index in [4.69, 9.17) is 0 Å². The van der Waals surface area contributed by atoms with Gasteiger partial charge in [-0.3, -0.25) is 0 Å². The van der Waals surface area contributed by atoms with Crippen LogP contribution < -0.4 is 5.32 Å². The summed E-state index contributed by atoms with van der Waals surface area (Å²) in [5.41, 5.74) is 0.617. The van der Waals surface area contributed by atoms with Crippen molar-refractivity contribution in [1.82, 2.24) is 5.32 Å². The molecule has 1 heteroatoms. The first-order valence-corrected chi connectivity index (χ1v) is 9.84. The Balaban J connectivity index is 2.51. The molecule has 1 fully saturated rings. The summed E-state index contributed by atoms with van der Waals surface area (Å²) in [5.74, 6) is 2.00. The van der Waals surface area contributed by atoms with E-state index in [1.807, 2.05) is 0 Å². The van der Waals surface area contributed by atoms with Gasteiger partial charge in [0.2, 0.25) is 0 Å². The van der Waals surface area contributed by atoms with Gasteiger partial charge in [-0.15, -0.1) is 0 Å². The first-order chi connectivity index (χ1) is 10.2. The van der Waals surface area contributed by atoms with E-state index in [9.17, 15) is 0 Å². The van der Waals surface area contributed by atoms with Crippen molar-refractivity contribution in [2.75, 3.05) is 13.6 Å². The largest absolute Gasteiger partial charge is 0.319 e. The molecule has 1 aliphatic rings. The summed E-state index contributed by atoms with van der Waals surface area (Å²) in [7, 11) is 2.15. The van der Waals surface area contributed by atoms with Gasteiger partial charge in [-0.25, -0.2) is 0 Å². The summed E-state index contributed by atoms with van der Waals surface area (Å²) in [6.07, 6.45) is 17.3. The topological polar surface area (TPSA) is 12.0 Å². The summed E-state index contributed by atoms with van der Waals surface area (Å²) in [4.78, 5) is 0. The number of nitrogens with one attached hydrogen (secondary N) is 1. The van der Waals surface area contributed by atoms with Gasteiger partial charge in [0.1, 0.15) is 0 Å². The molecule has 0 aliphatic heterocycles. The predicted molar refractivity (Wildman–Crippen MR) is 95.8 cm³/mol. The number of rotatable bonds is 11. The third kappa shape index (κ3) is 6.72. The molecule has 0 radical (unpaired) electrons. The van der Waals surface area contributed by atoms with Gasteiger partial charge in [0.15, 0.2) is 0 Å². The Morgan fingerprint density at radius 2 is 1.71 bits per heavy atom. The number of hydrogen-bond acceptors (Lipinski definition) is 1. The second kappa shape index (κ2) is 10.6. The maximum Gasteiger partial charge on any atom is 0.000491 e. The highest BCUT2D eigenvalue weighted by atomic mass is 14.8. The third-order valence-corrected chi connectivity index (χ3v) is 5.95. The second-order valence-electron chi connectivity index (χ2n) is 7.74. The molecule has 0 amide bonds. The maximum absolute atomic E-state index is 3.52. The van der Waals surface area contributed by atoms with Crippen LogP contribution in [0.4, 0.5) is 0 Å².